The topological polar surface area (TPSA) is 112 Å². The van der Waals surface area contributed by atoms with Crippen LogP contribution >= 0.6 is 11.8 Å². The van der Waals surface area contributed by atoms with E-state index in [1.807, 2.05) is 46.9 Å². The number of furan rings is 1. The Hall–Kier alpha value is -3.77. The number of thioether (sulfide) groups is 1. The first-order valence-electron chi connectivity index (χ1n) is 8.40. The van der Waals surface area contributed by atoms with Gasteiger partial charge in [0.1, 0.15) is 17.3 Å². The van der Waals surface area contributed by atoms with Crippen LogP contribution in [0.4, 0.5) is 5.69 Å². The summed E-state index contributed by atoms with van der Waals surface area (Å²) in [6.07, 6.45) is 0. The number of nitriles is 1. The molecule has 0 radical (unpaired) electrons. The lowest BCUT2D eigenvalue weighted by Gasteiger charge is -2.03. The number of carbonyl (C=O) groups is 1. The molecule has 2 N–H and O–H groups in total. The Labute approximate surface area is 162 Å². The summed E-state index contributed by atoms with van der Waals surface area (Å²) in [5.41, 5.74) is 2.72. The number of hydrogen-bond acceptors (Lipinski definition) is 6. The molecule has 5 rings (SSSR count). The van der Waals surface area contributed by atoms with Crippen LogP contribution in [0.3, 0.4) is 0 Å². The van der Waals surface area contributed by atoms with Gasteiger partial charge in [-0.3, -0.25) is 9.20 Å². The number of aromatic amines is 1. The van der Waals surface area contributed by atoms with E-state index in [9.17, 15) is 10.1 Å². The summed E-state index contributed by atoms with van der Waals surface area (Å²) in [5, 5.41) is 20.5. The van der Waals surface area contributed by atoms with Crippen LogP contribution in [-0.2, 0) is 4.79 Å². The first-order valence-corrected chi connectivity index (χ1v) is 9.39. The van der Waals surface area contributed by atoms with Crippen molar-refractivity contribution in [1.82, 2.24) is 19.6 Å². The molecule has 1 amide bonds. The summed E-state index contributed by atoms with van der Waals surface area (Å²) in [6, 6.07) is 16.9. The Morgan fingerprint density at radius 3 is 2.96 bits per heavy atom. The average molecular weight is 388 g/mol. The van der Waals surface area contributed by atoms with E-state index in [1.165, 1.54) is 11.8 Å². The number of carbonyl (C=O) groups excluding carboxylic acids is 1. The van der Waals surface area contributed by atoms with Gasteiger partial charge >= 0.3 is 0 Å². The number of amides is 1. The maximum atomic E-state index is 12.5. The maximum Gasteiger partial charge on any atom is 0.234 e. The molecule has 0 aliphatic heterocycles. The minimum absolute atomic E-state index is 0.0855. The lowest BCUT2D eigenvalue weighted by Crippen LogP contribution is -2.14. The molecule has 0 atom stereocenters. The third-order valence-electron chi connectivity index (χ3n) is 4.30. The summed E-state index contributed by atoms with van der Waals surface area (Å²) in [4.78, 5) is 17.0. The normalized spacial score (nSPS) is 11.2. The molecule has 0 saturated carbocycles. The van der Waals surface area contributed by atoms with E-state index in [2.05, 4.69) is 20.5 Å². The van der Waals surface area contributed by atoms with Crippen molar-refractivity contribution in [3.05, 3.63) is 54.3 Å². The number of H-pyrrole nitrogens is 1. The van der Waals surface area contributed by atoms with Gasteiger partial charge in [0, 0.05) is 5.39 Å². The number of anilines is 1. The van der Waals surface area contributed by atoms with Crippen LogP contribution in [0.15, 0.2) is 58.1 Å². The molecule has 0 fully saturated rings. The van der Waals surface area contributed by atoms with Crippen LogP contribution in [-0.4, -0.2) is 31.2 Å². The standard InChI is InChI=1S/C19H12N6O2S/c20-9-15-17(11-5-1-4-8-14(11)27-15)22-16(26)10-28-19-24-23-18-21-12-6-2-3-7-13(12)25(18)19/h1-8H,10H2,(H,21,23)(H,22,26). The van der Waals surface area contributed by atoms with Crippen LogP contribution in [0.1, 0.15) is 5.76 Å². The second-order valence-electron chi connectivity index (χ2n) is 6.02. The van der Waals surface area contributed by atoms with E-state index in [0.717, 1.165) is 11.0 Å². The predicted molar refractivity (Wildman–Crippen MR) is 105 cm³/mol. The lowest BCUT2D eigenvalue weighted by molar-refractivity contribution is -0.113. The van der Waals surface area contributed by atoms with Gasteiger partial charge in [0.2, 0.25) is 17.4 Å². The van der Waals surface area contributed by atoms with Gasteiger partial charge in [-0.25, -0.2) is 10.1 Å². The first-order chi connectivity index (χ1) is 13.7. The SMILES string of the molecule is N#Cc1oc2ccccc2c1NC(=O)CSc1n[nH]c2nc3ccccc3n12. The van der Waals surface area contributed by atoms with Gasteiger partial charge in [0.15, 0.2) is 5.16 Å². The fraction of sp³-hybridized carbons (Fsp3) is 0.0526. The molecule has 0 aliphatic carbocycles. The molecule has 28 heavy (non-hydrogen) atoms. The highest BCUT2D eigenvalue weighted by molar-refractivity contribution is 7.99. The Morgan fingerprint density at radius 2 is 2.07 bits per heavy atom. The monoisotopic (exact) mass is 388 g/mol. The zero-order valence-electron chi connectivity index (χ0n) is 14.3. The van der Waals surface area contributed by atoms with Crippen molar-refractivity contribution in [1.29, 1.82) is 5.26 Å². The maximum absolute atomic E-state index is 12.5. The van der Waals surface area contributed by atoms with Crippen molar-refractivity contribution in [2.24, 2.45) is 0 Å². The van der Waals surface area contributed by atoms with Gasteiger partial charge < -0.3 is 9.73 Å². The molecule has 0 bridgehead atoms. The number of rotatable bonds is 4. The lowest BCUT2D eigenvalue weighted by atomic mass is 10.2. The number of aromatic nitrogens is 4. The van der Waals surface area contributed by atoms with E-state index in [-0.39, 0.29) is 17.4 Å². The van der Waals surface area contributed by atoms with Crippen molar-refractivity contribution < 1.29 is 9.21 Å². The van der Waals surface area contributed by atoms with E-state index < -0.39 is 0 Å². The average Bonchev–Trinajstić information content (AvgIpc) is 3.38. The van der Waals surface area contributed by atoms with Gasteiger partial charge in [-0.2, -0.15) is 5.26 Å². The second kappa shape index (κ2) is 6.44. The highest BCUT2D eigenvalue weighted by atomic mass is 32.2. The Morgan fingerprint density at radius 1 is 1.25 bits per heavy atom. The Bertz CT molecular complexity index is 1390. The van der Waals surface area contributed by atoms with Gasteiger partial charge in [-0.15, -0.1) is 5.10 Å². The number of imidazole rings is 1. The van der Waals surface area contributed by atoms with Crippen LogP contribution in [0.5, 0.6) is 0 Å². The third-order valence-corrected chi connectivity index (χ3v) is 5.24. The van der Waals surface area contributed by atoms with E-state index in [4.69, 9.17) is 4.42 Å². The molecule has 3 heterocycles. The summed E-state index contributed by atoms with van der Waals surface area (Å²) >= 11 is 1.28. The van der Waals surface area contributed by atoms with Gasteiger partial charge in [-0.05, 0) is 24.3 Å². The molecule has 0 saturated heterocycles. The van der Waals surface area contributed by atoms with E-state index in [0.29, 0.717) is 27.6 Å². The van der Waals surface area contributed by atoms with Crippen LogP contribution in [0.2, 0.25) is 0 Å². The van der Waals surface area contributed by atoms with E-state index in [1.54, 1.807) is 12.1 Å². The summed E-state index contributed by atoms with van der Waals surface area (Å²) in [5.74, 6) is 0.573. The molecule has 0 unspecified atom stereocenters. The molecule has 0 aliphatic rings. The fourth-order valence-electron chi connectivity index (χ4n) is 3.09. The first kappa shape index (κ1) is 16.4. The number of benzene rings is 2. The van der Waals surface area contributed by atoms with Crippen molar-refractivity contribution in [2.45, 2.75) is 5.16 Å². The molecule has 136 valence electrons. The molecular formula is C19H12N6O2S. The number of nitrogens with one attached hydrogen (secondary N) is 2. The highest BCUT2D eigenvalue weighted by Gasteiger charge is 2.18. The summed E-state index contributed by atoms with van der Waals surface area (Å²) in [6.45, 7) is 0. The van der Waals surface area contributed by atoms with Crippen molar-refractivity contribution >= 4 is 51.1 Å². The fourth-order valence-corrected chi connectivity index (χ4v) is 3.85. The van der Waals surface area contributed by atoms with Crippen molar-refractivity contribution in [2.75, 3.05) is 11.1 Å². The molecule has 2 aromatic carbocycles. The molecule has 9 heteroatoms. The number of nitrogens with zero attached hydrogens (tertiary/aromatic N) is 4. The third kappa shape index (κ3) is 2.59. The number of hydrogen-bond donors (Lipinski definition) is 2. The minimum Gasteiger partial charge on any atom is -0.443 e. The van der Waals surface area contributed by atoms with Gasteiger partial charge in [0.25, 0.3) is 0 Å². The number of para-hydroxylation sites is 3. The largest absolute Gasteiger partial charge is 0.443 e. The molecule has 0 spiro atoms. The van der Waals surface area contributed by atoms with Crippen molar-refractivity contribution in [3.8, 4) is 6.07 Å². The summed E-state index contributed by atoms with van der Waals surface area (Å²) < 4.78 is 7.36. The van der Waals surface area contributed by atoms with E-state index >= 15 is 0 Å². The minimum atomic E-state index is -0.256. The zero-order chi connectivity index (χ0) is 19.1. The molecular weight excluding hydrogens is 376 g/mol. The van der Waals surface area contributed by atoms with Crippen LogP contribution in [0.25, 0.3) is 27.8 Å². The summed E-state index contributed by atoms with van der Waals surface area (Å²) in [7, 11) is 0. The smallest absolute Gasteiger partial charge is 0.234 e. The predicted octanol–water partition coefficient (Wildman–Crippen LogP) is 3.56. The zero-order valence-corrected chi connectivity index (χ0v) is 15.2. The number of fused-ring (bicyclic) bond motifs is 4. The Balaban J connectivity index is 1.39. The quantitative estimate of drug-likeness (QED) is 0.455. The van der Waals surface area contributed by atoms with Gasteiger partial charge in [0.05, 0.1) is 16.8 Å². The highest BCUT2D eigenvalue weighted by Crippen LogP contribution is 2.30. The molecule has 3 aromatic heterocycles. The van der Waals surface area contributed by atoms with Crippen LogP contribution < -0.4 is 5.32 Å². The van der Waals surface area contributed by atoms with Gasteiger partial charge in [-0.1, -0.05) is 36.0 Å². The van der Waals surface area contributed by atoms with Crippen molar-refractivity contribution in [3.63, 3.8) is 0 Å². The second-order valence-corrected chi connectivity index (χ2v) is 6.96. The Kier molecular flexibility index (Phi) is 3.77. The molecule has 8 nitrogen and oxygen atoms in total. The molecule has 5 aromatic rings. The van der Waals surface area contributed by atoms with Crippen LogP contribution in [0, 0.1) is 11.3 Å².